The molecule has 7 heteroatoms. The monoisotopic (exact) mass is 480 g/mol. The fourth-order valence-electron chi connectivity index (χ4n) is 4.84. The first-order valence-electron chi connectivity index (χ1n) is 12.5. The summed E-state index contributed by atoms with van der Waals surface area (Å²) < 4.78 is 0. The van der Waals surface area contributed by atoms with Crippen molar-refractivity contribution in [3.8, 4) is 0 Å². The van der Waals surface area contributed by atoms with Crippen LogP contribution in [0, 0.1) is 11.8 Å². The minimum Gasteiger partial charge on any atom is -0.383 e. The van der Waals surface area contributed by atoms with Crippen molar-refractivity contribution in [2.75, 3.05) is 23.7 Å². The molecule has 36 heavy (non-hydrogen) atoms. The van der Waals surface area contributed by atoms with Crippen LogP contribution in [0.15, 0.2) is 67.3 Å². The lowest BCUT2D eigenvalue weighted by atomic mass is 9.95. The Morgan fingerprint density at radius 1 is 1.06 bits per heavy atom. The Labute approximate surface area is 211 Å². The predicted molar refractivity (Wildman–Crippen MR) is 144 cm³/mol. The molecule has 7 nitrogen and oxygen atoms in total. The lowest BCUT2D eigenvalue weighted by molar-refractivity contribution is 0.0950. The van der Waals surface area contributed by atoms with Crippen LogP contribution in [0.5, 0.6) is 0 Å². The third-order valence-corrected chi connectivity index (χ3v) is 7.08. The number of pyridine rings is 3. The van der Waals surface area contributed by atoms with E-state index in [4.69, 9.17) is 10.7 Å². The average Bonchev–Trinajstić information content (AvgIpc) is 3.39. The Kier molecular flexibility index (Phi) is 6.80. The number of nitrogens with two attached hydrogens (primary N) is 1. The summed E-state index contributed by atoms with van der Waals surface area (Å²) in [6.45, 7) is 7.16. The quantitative estimate of drug-likeness (QED) is 0.401. The molecule has 184 valence electrons. The number of hydrogen-bond acceptors (Lipinski definition) is 6. The van der Waals surface area contributed by atoms with Crippen molar-refractivity contribution in [3.63, 3.8) is 0 Å². The smallest absolute Gasteiger partial charge is 0.253 e. The average molecular weight is 481 g/mol. The number of hydrogen-bond donors (Lipinski definition) is 2. The third kappa shape index (κ3) is 5.30. The van der Waals surface area contributed by atoms with E-state index in [9.17, 15) is 4.79 Å². The van der Waals surface area contributed by atoms with Gasteiger partial charge in [0.25, 0.3) is 5.91 Å². The molecule has 1 fully saturated rings. The summed E-state index contributed by atoms with van der Waals surface area (Å²) in [5.74, 6) is 2.84. The number of benzene rings is 1. The van der Waals surface area contributed by atoms with Gasteiger partial charge in [-0.25, -0.2) is 9.97 Å². The number of carbonyl (C=O) groups is 1. The number of nitrogens with one attached hydrogen (secondary N) is 1. The van der Waals surface area contributed by atoms with Gasteiger partial charge < -0.3 is 16.0 Å². The van der Waals surface area contributed by atoms with Gasteiger partial charge in [0, 0.05) is 56.2 Å². The van der Waals surface area contributed by atoms with Crippen LogP contribution in [0.25, 0.3) is 10.8 Å². The zero-order valence-electron chi connectivity index (χ0n) is 20.8. The normalized spacial score (nSPS) is 15.5. The second-order valence-corrected chi connectivity index (χ2v) is 9.96. The highest BCUT2D eigenvalue weighted by Gasteiger charge is 2.25. The zero-order chi connectivity index (χ0) is 25.1. The summed E-state index contributed by atoms with van der Waals surface area (Å²) in [5, 5.41) is 4.90. The van der Waals surface area contributed by atoms with Crippen LogP contribution in [-0.2, 0) is 13.0 Å². The lowest BCUT2D eigenvalue weighted by Crippen LogP contribution is -2.23. The van der Waals surface area contributed by atoms with Crippen LogP contribution in [-0.4, -0.2) is 33.9 Å². The van der Waals surface area contributed by atoms with Crippen LogP contribution < -0.4 is 16.0 Å². The Balaban J connectivity index is 1.20. The van der Waals surface area contributed by atoms with Crippen LogP contribution in [0.2, 0.25) is 0 Å². The first kappa shape index (κ1) is 23.7. The second-order valence-electron chi connectivity index (χ2n) is 9.96. The summed E-state index contributed by atoms with van der Waals surface area (Å²) in [4.78, 5) is 28.3. The van der Waals surface area contributed by atoms with Gasteiger partial charge in [0.15, 0.2) is 0 Å². The van der Waals surface area contributed by atoms with Crippen LogP contribution in [0.3, 0.4) is 0 Å². The molecule has 5 rings (SSSR count). The molecule has 0 radical (unpaired) electrons. The second kappa shape index (κ2) is 10.3. The van der Waals surface area contributed by atoms with Gasteiger partial charge in [0.05, 0.1) is 5.56 Å². The topological polar surface area (TPSA) is 97.0 Å². The van der Waals surface area contributed by atoms with E-state index in [-0.39, 0.29) is 5.91 Å². The van der Waals surface area contributed by atoms with E-state index in [0.29, 0.717) is 30.3 Å². The lowest BCUT2D eigenvalue weighted by Gasteiger charge is -2.19. The van der Waals surface area contributed by atoms with E-state index in [2.05, 4.69) is 46.2 Å². The molecule has 0 spiro atoms. The number of rotatable bonds is 7. The van der Waals surface area contributed by atoms with Crippen molar-refractivity contribution in [2.24, 2.45) is 11.8 Å². The van der Waals surface area contributed by atoms with Crippen LogP contribution >= 0.6 is 0 Å². The molecule has 3 aromatic heterocycles. The van der Waals surface area contributed by atoms with E-state index < -0.39 is 0 Å². The van der Waals surface area contributed by atoms with Gasteiger partial charge in [0.2, 0.25) is 0 Å². The highest BCUT2D eigenvalue weighted by molar-refractivity contribution is 5.94. The SMILES string of the molecule is CC(C)[C@@H]1CCN(c2ccc(Cc3cncc(C(=O)NCc4ccc5c(N)nccc5c4)c3)cn2)C1. The maximum absolute atomic E-state index is 12.8. The van der Waals surface area contributed by atoms with Crippen molar-refractivity contribution in [1.29, 1.82) is 0 Å². The van der Waals surface area contributed by atoms with E-state index in [1.54, 1.807) is 18.6 Å². The van der Waals surface area contributed by atoms with Gasteiger partial charge in [-0.15, -0.1) is 0 Å². The molecule has 0 bridgehead atoms. The van der Waals surface area contributed by atoms with Crippen molar-refractivity contribution >= 4 is 28.3 Å². The molecular formula is C29H32N6O. The molecule has 3 N–H and O–H groups in total. The minimum absolute atomic E-state index is 0.152. The number of nitrogens with zero attached hydrogens (tertiary/aromatic N) is 4. The van der Waals surface area contributed by atoms with E-state index >= 15 is 0 Å². The summed E-state index contributed by atoms with van der Waals surface area (Å²) in [5.41, 5.74) is 9.55. The predicted octanol–water partition coefficient (Wildman–Crippen LogP) is 4.61. The molecule has 1 atom stereocenters. The molecule has 1 amide bonds. The van der Waals surface area contributed by atoms with Gasteiger partial charge in [-0.05, 0) is 64.6 Å². The van der Waals surface area contributed by atoms with Gasteiger partial charge in [-0.3, -0.25) is 9.78 Å². The summed E-state index contributed by atoms with van der Waals surface area (Å²) in [7, 11) is 0. The molecule has 1 aliphatic rings. The molecule has 0 unspecified atom stereocenters. The molecule has 1 aliphatic heterocycles. The molecule has 0 aliphatic carbocycles. The zero-order valence-corrected chi connectivity index (χ0v) is 20.8. The van der Waals surface area contributed by atoms with Gasteiger partial charge >= 0.3 is 0 Å². The molecular weight excluding hydrogens is 448 g/mol. The number of fused-ring (bicyclic) bond motifs is 1. The Hall–Kier alpha value is -4.00. The maximum Gasteiger partial charge on any atom is 0.253 e. The van der Waals surface area contributed by atoms with E-state index in [1.807, 2.05) is 36.5 Å². The largest absolute Gasteiger partial charge is 0.383 e. The molecule has 4 heterocycles. The number of anilines is 2. The highest BCUT2D eigenvalue weighted by atomic mass is 16.1. The van der Waals surface area contributed by atoms with E-state index in [0.717, 1.165) is 52.3 Å². The van der Waals surface area contributed by atoms with Crippen molar-refractivity contribution in [1.82, 2.24) is 20.3 Å². The van der Waals surface area contributed by atoms with Crippen molar-refractivity contribution in [3.05, 3.63) is 89.5 Å². The Morgan fingerprint density at radius 3 is 2.69 bits per heavy atom. The minimum atomic E-state index is -0.152. The standard InChI is InChI=1S/C29H32N6O/c1-19(2)24-8-10-35(18-24)27-6-4-20(15-33-27)11-22-13-25(17-31-14-22)29(36)34-16-21-3-5-26-23(12-21)7-9-32-28(26)30/h3-7,9,12-15,17,19,24H,8,10-11,16,18H2,1-2H3,(H2,30,32)(H,34,36)/t24-/m1/s1. The van der Waals surface area contributed by atoms with Crippen LogP contribution in [0.1, 0.15) is 47.3 Å². The fraction of sp³-hybridized carbons (Fsp3) is 0.310. The third-order valence-electron chi connectivity index (χ3n) is 7.08. The first-order chi connectivity index (χ1) is 17.5. The molecule has 0 saturated carbocycles. The number of amides is 1. The number of aromatic nitrogens is 3. The summed E-state index contributed by atoms with van der Waals surface area (Å²) >= 11 is 0. The highest BCUT2D eigenvalue weighted by Crippen LogP contribution is 2.27. The maximum atomic E-state index is 12.8. The first-order valence-corrected chi connectivity index (χ1v) is 12.5. The van der Waals surface area contributed by atoms with Crippen molar-refractivity contribution in [2.45, 2.75) is 33.2 Å². The summed E-state index contributed by atoms with van der Waals surface area (Å²) in [6.07, 6.45) is 8.94. The fourth-order valence-corrected chi connectivity index (χ4v) is 4.84. The van der Waals surface area contributed by atoms with Gasteiger partial charge in [0.1, 0.15) is 11.6 Å². The Bertz CT molecular complexity index is 1370. The Morgan fingerprint density at radius 2 is 1.92 bits per heavy atom. The van der Waals surface area contributed by atoms with Gasteiger partial charge in [-0.2, -0.15) is 0 Å². The number of carbonyl (C=O) groups excluding carboxylic acids is 1. The van der Waals surface area contributed by atoms with E-state index in [1.165, 1.54) is 6.42 Å². The molecule has 1 saturated heterocycles. The number of nitrogen functional groups attached to an aromatic ring is 1. The summed E-state index contributed by atoms with van der Waals surface area (Å²) in [6, 6.07) is 14.0. The molecule has 1 aromatic carbocycles. The molecule has 4 aromatic rings. The van der Waals surface area contributed by atoms with Crippen LogP contribution in [0.4, 0.5) is 11.6 Å². The van der Waals surface area contributed by atoms with Crippen molar-refractivity contribution < 1.29 is 4.79 Å². The van der Waals surface area contributed by atoms with Gasteiger partial charge in [-0.1, -0.05) is 32.0 Å².